The second-order valence-corrected chi connectivity index (χ2v) is 5.12. The number of rotatable bonds is 7. The van der Waals surface area contributed by atoms with E-state index in [2.05, 4.69) is 29.8 Å². The summed E-state index contributed by atoms with van der Waals surface area (Å²) in [5, 5.41) is 1.04. The van der Waals surface area contributed by atoms with Crippen molar-refractivity contribution in [2.45, 2.75) is 20.3 Å². The zero-order chi connectivity index (χ0) is 12.7. The van der Waals surface area contributed by atoms with E-state index in [4.69, 9.17) is 9.47 Å². The van der Waals surface area contributed by atoms with Crippen LogP contribution in [0.4, 0.5) is 0 Å². The second-order valence-electron chi connectivity index (χ2n) is 4.47. The number of halogens is 1. The fourth-order valence-electron chi connectivity index (χ4n) is 1.59. The molecule has 0 bridgehead atoms. The molecule has 1 unspecified atom stereocenters. The van der Waals surface area contributed by atoms with Crippen LogP contribution in [0.3, 0.4) is 0 Å². The van der Waals surface area contributed by atoms with Gasteiger partial charge in [0.15, 0.2) is 0 Å². The van der Waals surface area contributed by atoms with Crippen molar-refractivity contribution < 1.29 is 9.47 Å². The van der Waals surface area contributed by atoms with E-state index in [1.165, 1.54) is 0 Å². The van der Waals surface area contributed by atoms with E-state index in [1.54, 1.807) is 7.11 Å². The first-order valence-electron chi connectivity index (χ1n) is 6.00. The van der Waals surface area contributed by atoms with Crippen LogP contribution >= 0.6 is 15.9 Å². The maximum Gasteiger partial charge on any atom is 0.119 e. The average molecular weight is 301 g/mol. The lowest BCUT2D eigenvalue weighted by atomic mass is 9.95. The van der Waals surface area contributed by atoms with Crippen LogP contribution in [0, 0.1) is 11.8 Å². The first kappa shape index (κ1) is 14.4. The fourth-order valence-corrected chi connectivity index (χ4v) is 2.66. The summed E-state index contributed by atoms with van der Waals surface area (Å²) in [5.74, 6) is 3.13. The van der Waals surface area contributed by atoms with Crippen LogP contribution in [-0.2, 0) is 0 Å². The van der Waals surface area contributed by atoms with Crippen molar-refractivity contribution in [1.29, 1.82) is 0 Å². The Hall–Kier alpha value is -0.700. The Balaban J connectivity index is 2.34. The van der Waals surface area contributed by atoms with Gasteiger partial charge < -0.3 is 9.47 Å². The van der Waals surface area contributed by atoms with Gasteiger partial charge in [-0.3, -0.25) is 0 Å². The number of methoxy groups -OCH3 is 1. The van der Waals surface area contributed by atoms with Crippen molar-refractivity contribution in [1.82, 2.24) is 0 Å². The molecule has 0 saturated carbocycles. The van der Waals surface area contributed by atoms with Crippen LogP contribution in [0.1, 0.15) is 20.3 Å². The predicted octanol–water partition coefficient (Wildman–Crippen LogP) is 4.13. The van der Waals surface area contributed by atoms with E-state index in [-0.39, 0.29) is 0 Å². The Morgan fingerprint density at radius 1 is 1.12 bits per heavy atom. The predicted molar refractivity (Wildman–Crippen MR) is 75.2 cm³/mol. The molecule has 0 aliphatic rings. The van der Waals surface area contributed by atoms with Gasteiger partial charge in [-0.05, 0) is 42.5 Å². The van der Waals surface area contributed by atoms with Gasteiger partial charge in [0, 0.05) is 5.33 Å². The molecular formula is C14H21BrO2. The molecule has 0 radical (unpaired) electrons. The van der Waals surface area contributed by atoms with Crippen molar-refractivity contribution >= 4 is 15.9 Å². The van der Waals surface area contributed by atoms with Crippen molar-refractivity contribution in [2.24, 2.45) is 11.8 Å². The molecule has 0 spiro atoms. The smallest absolute Gasteiger partial charge is 0.119 e. The lowest BCUT2D eigenvalue weighted by Gasteiger charge is -2.18. The molecule has 2 nitrogen and oxygen atoms in total. The molecule has 0 aliphatic carbocycles. The molecule has 0 aromatic heterocycles. The molecule has 3 heteroatoms. The Bertz CT molecular complexity index is 309. The lowest BCUT2D eigenvalue weighted by molar-refractivity contribution is 0.262. The quantitative estimate of drug-likeness (QED) is 0.705. The third-order valence-corrected chi connectivity index (χ3v) is 3.79. The summed E-state index contributed by atoms with van der Waals surface area (Å²) in [6.45, 7) is 5.26. The van der Waals surface area contributed by atoms with Gasteiger partial charge in [-0.25, -0.2) is 0 Å². The maximum absolute atomic E-state index is 5.71. The molecule has 0 heterocycles. The third-order valence-electron chi connectivity index (χ3n) is 2.96. The van der Waals surface area contributed by atoms with Crippen LogP contribution < -0.4 is 9.47 Å². The summed E-state index contributed by atoms with van der Waals surface area (Å²) in [5.41, 5.74) is 0. The molecule has 0 saturated heterocycles. The largest absolute Gasteiger partial charge is 0.497 e. The van der Waals surface area contributed by atoms with Gasteiger partial charge in [-0.15, -0.1) is 0 Å². The molecule has 17 heavy (non-hydrogen) atoms. The highest BCUT2D eigenvalue weighted by atomic mass is 79.9. The molecule has 1 rings (SSSR count). The van der Waals surface area contributed by atoms with E-state index in [0.717, 1.165) is 29.9 Å². The Morgan fingerprint density at radius 2 is 1.71 bits per heavy atom. The number of ether oxygens (including phenoxy) is 2. The first-order valence-corrected chi connectivity index (χ1v) is 7.12. The molecule has 0 amide bonds. The van der Waals surface area contributed by atoms with Gasteiger partial charge in [0.2, 0.25) is 0 Å². The van der Waals surface area contributed by atoms with Crippen molar-refractivity contribution in [3.63, 3.8) is 0 Å². The van der Waals surface area contributed by atoms with Gasteiger partial charge in [0.1, 0.15) is 11.5 Å². The Morgan fingerprint density at radius 3 is 2.18 bits per heavy atom. The van der Waals surface area contributed by atoms with E-state index >= 15 is 0 Å². The van der Waals surface area contributed by atoms with Crippen LogP contribution in [0.15, 0.2) is 24.3 Å². The SMILES string of the molecule is COc1ccc(OCCC(CBr)C(C)C)cc1. The van der Waals surface area contributed by atoms with E-state index < -0.39 is 0 Å². The van der Waals surface area contributed by atoms with Crippen LogP contribution in [0.2, 0.25) is 0 Å². The molecule has 1 aromatic rings. The number of alkyl halides is 1. The zero-order valence-corrected chi connectivity index (χ0v) is 12.4. The summed E-state index contributed by atoms with van der Waals surface area (Å²) in [6, 6.07) is 7.72. The topological polar surface area (TPSA) is 18.5 Å². The van der Waals surface area contributed by atoms with Gasteiger partial charge in [-0.1, -0.05) is 29.8 Å². The molecule has 0 aliphatic heterocycles. The summed E-state index contributed by atoms with van der Waals surface area (Å²) in [6.07, 6.45) is 1.08. The lowest BCUT2D eigenvalue weighted by Crippen LogP contribution is -2.14. The monoisotopic (exact) mass is 300 g/mol. The van der Waals surface area contributed by atoms with Gasteiger partial charge in [0.25, 0.3) is 0 Å². The van der Waals surface area contributed by atoms with E-state index in [9.17, 15) is 0 Å². The Labute approximate surface area is 112 Å². The summed E-state index contributed by atoms with van der Waals surface area (Å²) >= 11 is 3.55. The van der Waals surface area contributed by atoms with Crippen LogP contribution in [-0.4, -0.2) is 19.0 Å². The molecule has 0 fully saturated rings. The molecular weight excluding hydrogens is 280 g/mol. The van der Waals surface area contributed by atoms with E-state index in [0.29, 0.717) is 11.8 Å². The first-order chi connectivity index (χ1) is 8.17. The highest BCUT2D eigenvalue weighted by molar-refractivity contribution is 9.09. The van der Waals surface area contributed by atoms with Crippen LogP contribution in [0.5, 0.6) is 11.5 Å². The molecule has 0 N–H and O–H groups in total. The normalized spacial score (nSPS) is 12.5. The minimum absolute atomic E-state index is 0.674. The Kier molecular flexibility index (Phi) is 6.41. The second kappa shape index (κ2) is 7.59. The van der Waals surface area contributed by atoms with E-state index in [1.807, 2.05) is 24.3 Å². The van der Waals surface area contributed by atoms with Crippen molar-refractivity contribution in [2.75, 3.05) is 19.0 Å². The molecule has 96 valence electrons. The minimum Gasteiger partial charge on any atom is -0.497 e. The third kappa shape index (κ3) is 4.99. The average Bonchev–Trinajstić information content (AvgIpc) is 2.35. The zero-order valence-electron chi connectivity index (χ0n) is 10.8. The maximum atomic E-state index is 5.71. The number of benzene rings is 1. The van der Waals surface area contributed by atoms with Crippen molar-refractivity contribution in [3.8, 4) is 11.5 Å². The standard InChI is InChI=1S/C14H21BrO2/c1-11(2)12(10-15)8-9-17-14-6-4-13(16-3)5-7-14/h4-7,11-12H,8-10H2,1-3H3. The summed E-state index contributed by atoms with van der Waals surface area (Å²) in [4.78, 5) is 0. The summed E-state index contributed by atoms with van der Waals surface area (Å²) in [7, 11) is 1.67. The highest BCUT2D eigenvalue weighted by Gasteiger charge is 2.11. The molecule has 1 atom stereocenters. The van der Waals surface area contributed by atoms with Gasteiger partial charge >= 0.3 is 0 Å². The summed E-state index contributed by atoms with van der Waals surface area (Å²) < 4.78 is 10.8. The van der Waals surface area contributed by atoms with Crippen molar-refractivity contribution in [3.05, 3.63) is 24.3 Å². The minimum atomic E-state index is 0.674. The number of hydrogen-bond acceptors (Lipinski definition) is 2. The highest BCUT2D eigenvalue weighted by Crippen LogP contribution is 2.20. The van der Waals surface area contributed by atoms with Crippen LogP contribution in [0.25, 0.3) is 0 Å². The fraction of sp³-hybridized carbons (Fsp3) is 0.571. The molecule has 1 aromatic carbocycles. The number of hydrogen-bond donors (Lipinski definition) is 0. The van der Waals surface area contributed by atoms with Gasteiger partial charge in [-0.2, -0.15) is 0 Å². The van der Waals surface area contributed by atoms with Gasteiger partial charge in [0.05, 0.1) is 13.7 Å².